The molecule has 0 radical (unpaired) electrons. The van der Waals surface area contributed by atoms with Crippen LogP contribution in [-0.4, -0.2) is 80.5 Å². The van der Waals surface area contributed by atoms with E-state index >= 15 is 0 Å². The fourth-order valence-corrected chi connectivity index (χ4v) is 5.15. The topological polar surface area (TPSA) is 40.1 Å². The van der Waals surface area contributed by atoms with E-state index in [1.807, 2.05) is 0 Å². The summed E-state index contributed by atoms with van der Waals surface area (Å²) in [5, 5.41) is 3.64. The molecule has 0 aromatic rings. The van der Waals surface area contributed by atoms with Gasteiger partial charge in [0.05, 0.1) is 12.6 Å². The Labute approximate surface area is 160 Å². The van der Waals surface area contributed by atoms with Gasteiger partial charge in [0.15, 0.2) is 5.96 Å². The molecule has 4 unspecified atom stereocenters. The van der Waals surface area contributed by atoms with E-state index in [-0.39, 0.29) is 11.3 Å². The highest BCUT2D eigenvalue weighted by molar-refractivity contribution is 5.80. The van der Waals surface area contributed by atoms with E-state index in [1.165, 1.54) is 4.90 Å². The Morgan fingerprint density at radius 3 is 2.70 bits per heavy atom. The van der Waals surface area contributed by atoms with Gasteiger partial charge in [0.1, 0.15) is 0 Å². The van der Waals surface area contributed by atoms with Gasteiger partial charge in [-0.15, -0.1) is 0 Å². The first-order chi connectivity index (χ1) is 12.7. The Morgan fingerprint density at radius 1 is 1.33 bits per heavy atom. The third-order valence-corrected chi connectivity index (χ3v) is 6.55. The smallest absolute Gasteiger partial charge is 0.377 e. The lowest BCUT2D eigenvalue weighted by Gasteiger charge is -2.55. The van der Waals surface area contributed by atoms with E-state index < -0.39 is 12.7 Å². The second-order valence-electron chi connectivity index (χ2n) is 8.78. The fraction of sp³-hybridized carbons (Fsp3) is 0.947. The number of hydrogen-bond acceptors (Lipinski definition) is 3. The quantitative estimate of drug-likeness (QED) is 0.579. The van der Waals surface area contributed by atoms with Crippen LogP contribution in [0.25, 0.3) is 0 Å². The highest BCUT2D eigenvalue weighted by Gasteiger charge is 2.59. The van der Waals surface area contributed by atoms with Crippen molar-refractivity contribution in [3.05, 3.63) is 0 Å². The van der Waals surface area contributed by atoms with Crippen molar-refractivity contribution in [2.75, 3.05) is 46.4 Å². The largest absolute Gasteiger partial charge is 0.401 e. The van der Waals surface area contributed by atoms with Crippen LogP contribution < -0.4 is 5.32 Å². The summed E-state index contributed by atoms with van der Waals surface area (Å²) in [5.41, 5.74) is 0.0714. The summed E-state index contributed by atoms with van der Waals surface area (Å²) in [6.45, 7) is 8.75. The van der Waals surface area contributed by atoms with Gasteiger partial charge in [0.25, 0.3) is 0 Å². The lowest BCUT2D eigenvalue weighted by molar-refractivity contribution is -0.146. The Kier molecular flexibility index (Phi) is 5.96. The van der Waals surface area contributed by atoms with Crippen LogP contribution in [0.15, 0.2) is 4.99 Å². The minimum Gasteiger partial charge on any atom is -0.377 e. The van der Waals surface area contributed by atoms with Gasteiger partial charge < -0.3 is 15.0 Å². The lowest BCUT2D eigenvalue weighted by Crippen LogP contribution is -2.68. The molecule has 8 heteroatoms. The van der Waals surface area contributed by atoms with Gasteiger partial charge >= 0.3 is 6.18 Å². The van der Waals surface area contributed by atoms with E-state index in [1.54, 1.807) is 14.0 Å². The molecule has 0 bridgehead atoms. The SMILES string of the molecule is CCN(CC1CCN(C(=NC)NC2C3CCOC3C2(C)C)C1)CC(F)(F)F. The van der Waals surface area contributed by atoms with Gasteiger partial charge in [-0.3, -0.25) is 9.89 Å². The van der Waals surface area contributed by atoms with Crippen LogP contribution in [0.3, 0.4) is 0 Å². The molecule has 4 atom stereocenters. The number of likely N-dealkylation sites (tertiary alicyclic amines) is 1. The number of halogens is 3. The number of hydrogen-bond donors (Lipinski definition) is 1. The van der Waals surface area contributed by atoms with Crippen LogP contribution in [0.4, 0.5) is 13.2 Å². The molecule has 2 heterocycles. The molecule has 0 amide bonds. The first-order valence-corrected chi connectivity index (χ1v) is 10.0. The Balaban J connectivity index is 1.54. The summed E-state index contributed by atoms with van der Waals surface area (Å²) in [6, 6.07) is 0.333. The van der Waals surface area contributed by atoms with Crippen LogP contribution in [-0.2, 0) is 4.74 Å². The minimum atomic E-state index is -4.14. The maximum Gasteiger partial charge on any atom is 0.401 e. The predicted octanol–water partition coefficient (Wildman–Crippen LogP) is 2.58. The molecule has 27 heavy (non-hydrogen) atoms. The third-order valence-electron chi connectivity index (χ3n) is 6.55. The molecule has 0 aromatic carbocycles. The second-order valence-corrected chi connectivity index (χ2v) is 8.78. The molecule has 5 nitrogen and oxygen atoms in total. The maximum atomic E-state index is 12.7. The van der Waals surface area contributed by atoms with Crippen molar-refractivity contribution in [2.24, 2.45) is 22.2 Å². The lowest BCUT2D eigenvalue weighted by atomic mass is 9.57. The van der Waals surface area contributed by atoms with Crippen molar-refractivity contribution in [1.29, 1.82) is 0 Å². The molecular formula is C19H33F3N4O. The molecule has 156 valence electrons. The molecule has 1 N–H and O–H groups in total. The van der Waals surface area contributed by atoms with Crippen molar-refractivity contribution in [3.63, 3.8) is 0 Å². The van der Waals surface area contributed by atoms with Gasteiger partial charge in [-0.2, -0.15) is 13.2 Å². The summed E-state index contributed by atoms with van der Waals surface area (Å²) >= 11 is 0. The van der Waals surface area contributed by atoms with Crippen LogP contribution >= 0.6 is 0 Å². The average molecular weight is 390 g/mol. The standard InChI is InChI=1S/C19H33F3N4O/c1-5-25(12-19(20,21)22)10-13-6-8-26(11-13)17(23-4)24-15-14-7-9-27-16(14)18(15,2)3/h13-16H,5-12H2,1-4H3,(H,23,24). The molecule has 2 aliphatic heterocycles. The van der Waals surface area contributed by atoms with E-state index in [2.05, 4.69) is 29.1 Å². The molecule has 1 saturated carbocycles. The monoisotopic (exact) mass is 390 g/mol. The minimum absolute atomic E-state index is 0.0714. The number of nitrogens with one attached hydrogen (secondary N) is 1. The van der Waals surface area contributed by atoms with Gasteiger partial charge in [-0.25, -0.2) is 0 Å². The van der Waals surface area contributed by atoms with Crippen molar-refractivity contribution < 1.29 is 17.9 Å². The number of alkyl halides is 3. The van der Waals surface area contributed by atoms with E-state index in [0.717, 1.165) is 38.5 Å². The number of guanidine groups is 1. The highest BCUT2D eigenvalue weighted by Crippen LogP contribution is 2.52. The van der Waals surface area contributed by atoms with Crippen LogP contribution in [0.2, 0.25) is 0 Å². The van der Waals surface area contributed by atoms with Gasteiger partial charge in [0.2, 0.25) is 0 Å². The van der Waals surface area contributed by atoms with Gasteiger partial charge in [0, 0.05) is 50.7 Å². The summed E-state index contributed by atoms with van der Waals surface area (Å²) in [5.74, 6) is 1.64. The predicted molar refractivity (Wildman–Crippen MR) is 99.8 cm³/mol. The fourth-order valence-electron chi connectivity index (χ4n) is 5.15. The molecular weight excluding hydrogens is 357 g/mol. The first-order valence-electron chi connectivity index (χ1n) is 10.0. The van der Waals surface area contributed by atoms with Crippen molar-refractivity contribution in [3.8, 4) is 0 Å². The maximum absolute atomic E-state index is 12.7. The number of rotatable bonds is 5. The van der Waals surface area contributed by atoms with Gasteiger partial charge in [-0.1, -0.05) is 20.8 Å². The highest BCUT2D eigenvalue weighted by atomic mass is 19.4. The summed E-state index contributed by atoms with van der Waals surface area (Å²) < 4.78 is 44.0. The van der Waals surface area contributed by atoms with Gasteiger partial charge in [-0.05, 0) is 25.3 Å². The van der Waals surface area contributed by atoms with Crippen LogP contribution in [0.5, 0.6) is 0 Å². The zero-order valence-electron chi connectivity index (χ0n) is 16.9. The molecule has 3 rings (SSSR count). The number of aliphatic imine (C=N–C) groups is 1. The van der Waals surface area contributed by atoms with Crippen molar-refractivity contribution >= 4 is 5.96 Å². The summed E-state index contributed by atoms with van der Waals surface area (Å²) in [4.78, 5) is 8.16. The van der Waals surface area contributed by atoms with Crippen LogP contribution in [0, 0.1) is 17.3 Å². The Hall–Kier alpha value is -1.02. The second kappa shape index (κ2) is 7.78. The number of fused-ring (bicyclic) bond motifs is 1. The molecule has 3 fully saturated rings. The van der Waals surface area contributed by atoms with Crippen molar-refractivity contribution in [1.82, 2.24) is 15.1 Å². The average Bonchev–Trinajstić information content (AvgIpc) is 3.22. The normalized spacial score (nSPS) is 33.3. The third kappa shape index (κ3) is 4.36. The van der Waals surface area contributed by atoms with E-state index in [9.17, 15) is 13.2 Å². The summed E-state index contributed by atoms with van der Waals surface area (Å²) in [7, 11) is 1.78. The summed E-state index contributed by atoms with van der Waals surface area (Å²) in [6.07, 6.45) is -1.84. The molecule has 0 aromatic heterocycles. The number of nitrogens with zero attached hydrogens (tertiary/aromatic N) is 3. The zero-order valence-corrected chi connectivity index (χ0v) is 16.9. The van der Waals surface area contributed by atoms with Crippen LogP contribution in [0.1, 0.15) is 33.6 Å². The molecule has 2 saturated heterocycles. The first kappa shape index (κ1) is 20.7. The van der Waals surface area contributed by atoms with Crippen molar-refractivity contribution in [2.45, 2.75) is 51.9 Å². The van der Waals surface area contributed by atoms with E-state index in [4.69, 9.17) is 4.74 Å². The molecule has 3 aliphatic rings. The molecule has 0 spiro atoms. The number of ether oxygens (including phenoxy) is 1. The Morgan fingerprint density at radius 2 is 2.07 bits per heavy atom. The van der Waals surface area contributed by atoms with E-state index in [0.29, 0.717) is 31.2 Å². The Bertz CT molecular complexity index is 552. The zero-order chi connectivity index (χ0) is 19.8. The molecule has 1 aliphatic carbocycles.